The molecule has 0 bridgehead atoms. The average molecular weight is 378 g/mol. The Kier molecular flexibility index (Phi) is 8.15. The summed E-state index contributed by atoms with van der Waals surface area (Å²) in [5.74, 6) is -0.0270. The number of rotatable bonds is 9. The topological polar surface area (TPSA) is 72.9 Å². The molecule has 0 atom stereocenters. The number of likely N-dealkylation sites (N-methyl/N-ethyl adjacent to an activating group) is 1. The predicted octanol–water partition coefficient (Wildman–Crippen LogP) is 2.38. The molecule has 2 rings (SSSR count). The van der Waals surface area contributed by atoms with E-state index in [1.54, 1.807) is 11.8 Å². The molecular weight excluding hydrogens is 350 g/mol. The smallest absolute Gasteiger partial charge is 0.317 e. The van der Waals surface area contributed by atoms with E-state index in [9.17, 15) is 9.59 Å². The number of para-hydroxylation sites is 1. The van der Waals surface area contributed by atoms with Crippen molar-refractivity contribution < 1.29 is 14.7 Å². The van der Waals surface area contributed by atoms with Crippen molar-refractivity contribution in [3.8, 4) is 0 Å². The van der Waals surface area contributed by atoms with Crippen LogP contribution in [0.1, 0.15) is 12.8 Å². The van der Waals surface area contributed by atoms with Gasteiger partial charge in [0, 0.05) is 29.8 Å². The molecule has 0 unspecified atom stereocenters. The van der Waals surface area contributed by atoms with E-state index < -0.39 is 5.97 Å². The zero-order chi connectivity index (χ0) is 18.9. The lowest BCUT2D eigenvalue weighted by Gasteiger charge is -2.35. The van der Waals surface area contributed by atoms with Crippen LogP contribution in [0.25, 0.3) is 0 Å². The van der Waals surface area contributed by atoms with Crippen LogP contribution in [0.4, 0.5) is 5.69 Å². The summed E-state index contributed by atoms with van der Waals surface area (Å²) in [7, 11) is 1.85. The number of aliphatic carboxylic acids is 1. The van der Waals surface area contributed by atoms with Gasteiger partial charge in [0.15, 0.2) is 0 Å². The van der Waals surface area contributed by atoms with E-state index in [1.807, 2.05) is 42.3 Å². The Hall–Kier alpha value is -1.83. The maximum absolute atomic E-state index is 12.4. The number of piperidine rings is 1. The highest BCUT2D eigenvalue weighted by Gasteiger charge is 2.24. The standard InChI is InChI=1S/C19H27N3O3S/c1-3-12-26-17-7-5-4-6-16(17)20-18(23)13-22-10-8-15(9-11-22)21(2)14-19(24)25/h3-7,15H,1,8-14H2,2H3,(H,20,23)(H,24,25). The summed E-state index contributed by atoms with van der Waals surface area (Å²) in [6.07, 6.45) is 3.60. The first kappa shape index (κ1) is 20.5. The van der Waals surface area contributed by atoms with E-state index in [0.717, 1.165) is 42.3 Å². The highest BCUT2D eigenvalue weighted by atomic mass is 32.2. The number of carboxylic acid groups (broad SMARTS) is 1. The van der Waals surface area contributed by atoms with Gasteiger partial charge in [-0.15, -0.1) is 18.3 Å². The lowest BCUT2D eigenvalue weighted by atomic mass is 10.0. The van der Waals surface area contributed by atoms with Crippen LogP contribution in [0.15, 0.2) is 41.8 Å². The minimum absolute atomic E-state index is 0.0195. The van der Waals surface area contributed by atoms with Gasteiger partial charge in [0.25, 0.3) is 0 Å². The zero-order valence-electron chi connectivity index (χ0n) is 15.2. The molecule has 2 N–H and O–H groups in total. The fourth-order valence-corrected chi connectivity index (χ4v) is 3.84. The van der Waals surface area contributed by atoms with Gasteiger partial charge in [-0.25, -0.2) is 0 Å². The van der Waals surface area contributed by atoms with Gasteiger partial charge in [-0.3, -0.25) is 19.4 Å². The molecular formula is C19H27N3O3S. The van der Waals surface area contributed by atoms with Crippen LogP contribution < -0.4 is 5.32 Å². The molecule has 0 saturated carbocycles. The zero-order valence-corrected chi connectivity index (χ0v) is 16.0. The molecule has 1 aromatic rings. The van der Waals surface area contributed by atoms with Crippen LogP contribution in [0.5, 0.6) is 0 Å². The average Bonchev–Trinajstić information content (AvgIpc) is 2.61. The SMILES string of the molecule is C=CCSc1ccccc1NC(=O)CN1CCC(N(C)CC(=O)O)CC1. The van der Waals surface area contributed by atoms with E-state index in [2.05, 4.69) is 16.8 Å². The lowest BCUT2D eigenvalue weighted by Crippen LogP contribution is -2.46. The van der Waals surface area contributed by atoms with Crippen molar-refractivity contribution in [2.24, 2.45) is 0 Å². The first-order valence-corrected chi connectivity index (χ1v) is 9.75. The molecule has 1 amide bonds. The molecule has 1 aromatic carbocycles. The van der Waals surface area contributed by atoms with E-state index in [4.69, 9.17) is 5.11 Å². The number of amides is 1. The van der Waals surface area contributed by atoms with Gasteiger partial charge < -0.3 is 10.4 Å². The Morgan fingerprint density at radius 2 is 2.08 bits per heavy atom. The number of benzene rings is 1. The van der Waals surface area contributed by atoms with Gasteiger partial charge in [0.05, 0.1) is 18.8 Å². The Morgan fingerprint density at radius 3 is 2.73 bits per heavy atom. The van der Waals surface area contributed by atoms with Crippen molar-refractivity contribution in [2.75, 3.05) is 44.3 Å². The van der Waals surface area contributed by atoms with Crippen LogP contribution in [0, 0.1) is 0 Å². The second-order valence-corrected chi connectivity index (χ2v) is 7.52. The van der Waals surface area contributed by atoms with Gasteiger partial charge >= 0.3 is 5.97 Å². The summed E-state index contributed by atoms with van der Waals surface area (Å²) >= 11 is 1.64. The maximum atomic E-state index is 12.4. The highest BCUT2D eigenvalue weighted by molar-refractivity contribution is 7.99. The van der Waals surface area contributed by atoms with Crippen molar-refractivity contribution in [3.05, 3.63) is 36.9 Å². The summed E-state index contributed by atoms with van der Waals surface area (Å²) in [5.41, 5.74) is 0.834. The largest absolute Gasteiger partial charge is 0.480 e. The van der Waals surface area contributed by atoms with Crippen LogP contribution in [-0.2, 0) is 9.59 Å². The molecule has 7 heteroatoms. The van der Waals surface area contributed by atoms with Gasteiger partial charge in [0.2, 0.25) is 5.91 Å². The molecule has 1 aliphatic heterocycles. The number of anilines is 1. The molecule has 1 fully saturated rings. The number of nitrogens with one attached hydrogen (secondary N) is 1. The van der Waals surface area contributed by atoms with Crippen molar-refractivity contribution in [3.63, 3.8) is 0 Å². The van der Waals surface area contributed by atoms with E-state index in [0.29, 0.717) is 6.54 Å². The molecule has 0 spiro atoms. The van der Waals surface area contributed by atoms with Crippen molar-refractivity contribution in [2.45, 2.75) is 23.8 Å². The Balaban J connectivity index is 1.81. The Labute approximate surface area is 159 Å². The number of thioether (sulfide) groups is 1. The second-order valence-electron chi connectivity index (χ2n) is 6.46. The number of hydrogen-bond donors (Lipinski definition) is 2. The van der Waals surface area contributed by atoms with Crippen LogP contribution in [-0.4, -0.2) is 71.8 Å². The Bertz CT molecular complexity index is 630. The van der Waals surface area contributed by atoms with Crippen LogP contribution in [0.3, 0.4) is 0 Å². The normalized spacial score (nSPS) is 15.8. The third-order valence-electron chi connectivity index (χ3n) is 4.45. The molecule has 1 aliphatic rings. The molecule has 0 aromatic heterocycles. The van der Waals surface area contributed by atoms with E-state index >= 15 is 0 Å². The number of carboxylic acids is 1. The number of hydrogen-bond acceptors (Lipinski definition) is 5. The monoisotopic (exact) mass is 377 g/mol. The van der Waals surface area contributed by atoms with Gasteiger partial charge in [0.1, 0.15) is 0 Å². The number of carbonyl (C=O) groups is 2. The van der Waals surface area contributed by atoms with Gasteiger partial charge in [-0.05, 0) is 32.0 Å². The Morgan fingerprint density at radius 1 is 1.38 bits per heavy atom. The van der Waals surface area contributed by atoms with Gasteiger partial charge in [-0.1, -0.05) is 18.2 Å². The van der Waals surface area contributed by atoms with Gasteiger partial charge in [-0.2, -0.15) is 0 Å². The van der Waals surface area contributed by atoms with Crippen molar-refractivity contribution in [1.82, 2.24) is 9.80 Å². The maximum Gasteiger partial charge on any atom is 0.317 e. The molecule has 6 nitrogen and oxygen atoms in total. The van der Waals surface area contributed by atoms with Crippen LogP contribution in [0.2, 0.25) is 0 Å². The van der Waals surface area contributed by atoms with E-state index in [-0.39, 0.29) is 18.5 Å². The fraction of sp³-hybridized carbons (Fsp3) is 0.474. The van der Waals surface area contributed by atoms with Crippen molar-refractivity contribution >= 4 is 29.3 Å². The fourth-order valence-electron chi connectivity index (χ4n) is 3.10. The summed E-state index contributed by atoms with van der Waals surface area (Å²) in [5, 5.41) is 11.9. The molecule has 26 heavy (non-hydrogen) atoms. The third kappa shape index (κ3) is 6.48. The summed E-state index contributed by atoms with van der Waals surface area (Å²) in [6.45, 7) is 5.74. The molecule has 0 aliphatic carbocycles. The van der Waals surface area contributed by atoms with E-state index in [1.165, 1.54) is 0 Å². The minimum Gasteiger partial charge on any atom is -0.480 e. The molecule has 1 heterocycles. The molecule has 0 radical (unpaired) electrons. The first-order valence-electron chi connectivity index (χ1n) is 8.76. The first-order chi connectivity index (χ1) is 12.5. The number of likely N-dealkylation sites (tertiary alicyclic amines) is 1. The lowest BCUT2D eigenvalue weighted by molar-refractivity contribution is -0.138. The molecule has 1 saturated heterocycles. The summed E-state index contributed by atoms with van der Waals surface area (Å²) in [4.78, 5) is 28.3. The quantitative estimate of drug-likeness (QED) is 0.509. The van der Waals surface area contributed by atoms with Crippen molar-refractivity contribution in [1.29, 1.82) is 0 Å². The summed E-state index contributed by atoms with van der Waals surface area (Å²) in [6, 6.07) is 8.04. The molecule has 142 valence electrons. The number of nitrogens with zero attached hydrogens (tertiary/aromatic N) is 2. The second kappa shape index (κ2) is 10.4. The van der Waals surface area contributed by atoms with Crippen LogP contribution >= 0.6 is 11.8 Å². The third-order valence-corrected chi connectivity index (χ3v) is 5.52. The minimum atomic E-state index is -0.803. The highest BCUT2D eigenvalue weighted by Crippen LogP contribution is 2.27. The number of carbonyl (C=O) groups excluding carboxylic acids is 1. The summed E-state index contributed by atoms with van der Waals surface area (Å²) < 4.78 is 0. The predicted molar refractivity (Wildman–Crippen MR) is 106 cm³/mol.